The molecule has 0 amide bonds. The van der Waals surface area contributed by atoms with E-state index < -0.39 is 0 Å². The second-order valence-electron chi connectivity index (χ2n) is 3.71. The van der Waals surface area contributed by atoms with Crippen LogP contribution in [0.15, 0.2) is 36.7 Å². The Morgan fingerprint density at radius 3 is 2.41 bits per heavy atom. The maximum absolute atomic E-state index is 10.9. The van der Waals surface area contributed by atoms with E-state index in [-0.39, 0.29) is 10.6 Å². The predicted octanol–water partition coefficient (Wildman–Crippen LogP) is 2.61. The van der Waals surface area contributed by atoms with Crippen LogP contribution in [0.1, 0.15) is 0 Å². The van der Waals surface area contributed by atoms with E-state index in [0.29, 0.717) is 5.56 Å². The number of nitrogens with zero attached hydrogens (tertiary/aromatic N) is 2. The van der Waals surface area contributed by atoms with Crippen molar-refractivity contribution < 1.29 is 9.66 Å². The van der Waals surface area contributed by atoms with Gasteiger partial charge in [0.1, 0.15) is 5.75 Å². The third kappa shape index (κ3) is 2.13. The third-order valence-electron chi connectivity index (χ3n) is 2.53. The van der Waals surface area contributed by atoms with Crippen LogP contribution in [0, 0.1) is 10.1 Å². The van der Waals surface area contributed by atoms with E-state index >= 15 is 0 Å². The highest BCUT2D eigenvalue weighted by molar-refractivity contribution is 5.73. The zero-order valence-electron chi connectivity index (χ0n) is 9.58. The van der Waals surface area contributed by atoms with Crippen LogP contribution >= 0.6 is 0 Å². The summed E-state index contributed by atoms with van der Waals surface area (Å²) in [6, 6.07) is 7.18. The molecule has 0 saturated carbocycles. The fourth-order valence-corrected chi connectivity index (χ4v) is 1.71. The Kier molecular flexibility index (Phi) is 2.82. The molecule has 0 N–H and O–H groups in total. The maximum atomic E-state index is 10.9. The molecule has 0 saturated heterocycles. The van der Waals surface area contributed by atoms with Crippen LogP contribution in [-0.2, 0) is 7.05 Å². The van der Waals surface area contributed by atoms with Gasteiger partial charge in [-0.1, -0.05) is 12.1 Å². The van der Waals surface area contributed by atoms with Gasteiger partial charge in [-0.05, 0) is 17.7 Å². The van der Waals surface area contributed by atoms with Gasteiger partial charge in [0.05, 0.1) is 23.8 Å². The smallest absolute Gasteiger partial charge is 0.294 e. The molecule has 1 heterocycles. The summed E-state index contributed by atoms with van der Waals surface area (Å²) in [4.78, 5) is 10.5. The summed E-state index contributed by atoms with van der Waals surface area (Å²) in [5.41, 5.74) is 1.52. The fourth-order valence-electron chi connectivity index (χ4n) is 1.71. The first kappa shape index (κ1) is 11.2. The molecule has 0 spiro atoms. The number of benzene rings is 1. The number of rotatable bonds is 3. The van der Waals surface area contributed by atoms with Crippen LogP contribution < -0.4 is 4.74 Å². The highest BCUT2D eigenvalue weighted by atomic mass is 16.6. The molecule has 2 aromatic rings. The van der Waals surface area contributed by atoms with Crippen molar-refractivity contribution in [3.63, 3.8) is 0 Å². The zero-order chi connectivity index (χ0) is 12.4. The highest BCUT2D eigenvalue weighted by Gasteiger charge is 2.17. The Hall–Kier alpha value is -2.30. The molecule has 0 aliphatic carbocycles. The number of aryl methyl sites for hydroxylation is 1. The first-order valence-corrected chi connectivity index (χ1v) is 5.06. The van der Waals surface area contributed by atoms with Crippen molar-refractivity contribution in [2.45, 2.75) is 0 Å². The van der Waals surface area contributed by atoms with Crippen molar-refractivity contribution in [1.82, 2.24) is 4.57 Å². The first-order valence-electron chi connectivity index (χ1n) is 5.06. The van der Waals surface area contributed by atoms with E-state index in [0.717, 1.165) is 11.3 Å². The van der Waals surface area contributed by atoms with Gasteiger partial charge in [0.25, 0.3) is 5.69 Å². The summed E-state index contributed by atoms with van der Waals surface area (Å²) in [5, 5.41) is 10.9. The average Bonchev–Trinajstić information content (AvgIpc) is 2.72. The molecule has 5 nitrogen and oxygen atoms in total. The molecule has 1 aromatic heterocycles. The van der Waals surface area contributed by atoms with E-state index in [2.05, 4.69) is 0 Å². The van der Waals surface area contributed by atoms with E-state index in [1.807, 2.05) is 0 Å². The zero-order valence-corrected chi connectivity index (χ0v) is 9.58. The summed E-state index contributed by atoms with van der Waals surface area (Å²) in [6.07, 6.45) is 3.24. The number of ether oxygens (including phenoxy) is 1. The molecular weight excluding hydrogens is 220 g/mol. The number of nitro groups is 1. The molecule has 0 radical (unpaired) electrons. The SMILES string of the molecule is COc1ccc(-c2cn(C)cc2[N+](=O)[O-])cc1. The monoisotopic (exact) mass is 232 g/mol. The number of aromatic nitrogens is 1. The quantitative estimate of drug-likeness (QED) is 0.603. The molecule has 0 bridgehead atoms. The molecule has 0 aliphatic heterocycles. The van der Waals surface area contributed by atoms with Gasteiger partial charge in [-0.2, -0.15) is 0 Å². The largest absolute Gasteiger partial charge is 0.497 e. The van der Waals surface area contributed by atoms with Crippen LogP contribution in [0.5, 0.6) is 5.75 Å². The maximum Gasteiger partial charge on any atom is 0.294 e. The molecule has 0 unspecified atom stereocenters. The molecule has 0 aliphatic rings. The second kappa shape index (κ2) is 4.29. The molecule has 0 atom stereocenters. The van der Waals surface area contributed by atoms with Gasteiger partial charge in [0.15, 0.2) is 0 Å². The van der Waals surface area contributed by atoms with E-state index in [9.17, 15) is 10.1 Å². The van der Waals surface area contributed by atoms with E-state index in [4.69, 9.17) is 4.74 Å². The van der Waals surface area contributed by atoms with Crippen molar-refractivity contribution >= 4 is 5.69 Å². The average molecular weight is 232 g/mol. The Bertz CT molecular complexity index is 543. The molecule has 0 fully saturated rings. The van der Waals surface area contributed by atoms with Gasteiger partial charge >= 0.3 is 0 Å². The predicted molar refractivity (Wildman–Crippen MR) is 64.1 cm³/mol. The molecule has 17 heavy (non-hydrogen) atoms. The summed E-state index contributed by atoms with van der Waals surface area (Å²) >= 11 is 0. The van der Waals surface area contributed by atoms with Crippen LogP contribution in [0.2, 0.25) is 0 Å². The molecule has 2 rings (SSSR count). The molecule has 1 aromatic carbocycles. The lowest BCUT2D eigenvalue weighted by Gasteiger charge is -2.01. The Morgan fingerprint density at radius 2 is 1.88 bits per heavy atom. The van der Waals surface area contributed by atoms with Gasteiger partial charge in [-0.3, -0.25) is 10.1 Å². The van der Waals surface area contributed by atoms with Crippen LogP contribution in [0.3, 0.4) is 0 Å². The summed E-state index contributed by atoms with van der Waals surface area (Å²) in [5.74, 6) is 0.729. The summed E-state index contributed by atoms with van der Waals surface area (Å²) in [6.45, 7) is 0. The minimum absolute atomic E-state index is 0.109. The van der Waals surface area contributed by atoms with Crippen LogP contribution in [0.25, 0.3) is 11.1 Å². The van der Waals surface area contributed by atoms with Crippen LogP contribution in [-0.4, -0.2) is 16.6 Å². The van der Waals surface area contributed by atoms with Gasteiger partial charge in [-0.15, -0.1) is 0 Å². The van der Waals surface area contributed by atoms with Gasteiger partial charge in [0.2, 0.25) is 0 Å². The van der Waals surface area contributed by atoms with Crippen molar-refractivity contribution in [2.75, 3.05) is 7.11 Å². The minimum Gasteiger partial charge on any atom is -0.497 e. The lowest BCUT2D eigenvalue weighted by molar-refractivity contribution is -0.384. The second-order valence-corrected chi connectivity index (χ2v) is 3.71. The van der Waals surface area contributed by atoms with Crippen molar-refractivity contribution in [2.24, 2.45) is 7.05 Å². The fraction of sp³-hybridized carbons (Fsp3) is 0.167. The van der Waals surface area contributed by atoms with Gasteiger partial charge in [-0.25, -0.2) is 0 Å². The minimum atomic E-state index is -0.375. The number of hydrogen-bond donors (Lipinski definition) is 0. The van der Waals surface area contributed by atoms with Crippen molar-refractivity contribution in [1.29, 1.82) is 0 Å². The summed E-state index contributed by atoms with van der Waals surface area (Å²) < 4.78 is 6.73. The third-order valence-corrected chi connectivity index (χ3v) is 2.53. The van der Waals surface area contributed by atoms with Crippen molar-refractivity contribution in [3.05, 3.63) is 46.8 Å². The lowest BCUT2D eigenvalue weighted by Crippen LogP contribution is -1.88. The van der Waals surface area contributed by atoms with Gasteiger partial charge < -0.3 is 9.30 Å². The Morgan fingerprint density at radius 1 is 1.24 bits per heavy atom. The highest BCUT2D eigenvalue weighted by Crippen LogP contribution is 2.31. The standard InChI is InChI=1S/C12H12N2O3/c1-13-7-11(12(8-13)14(15)16)9-3-5-10(17-2)6-4-9/h3-8H,1-2H3. The van der Waals surface area contributed by atoms with E-state index in [1.54, 1.807) is 49.2 Å². The normalized spacial score (nSPS) is 10.2. The molecule has 88 valence electrons. The van der Waals surface area contributed by atoms with Gasteiger partial charge in [0, 0.05) is 13.2 Å². The first-order chi connectivity index (χ1) is 8.11. The molecule has 5 heteroatoms. The Labute approximate surface area is 98.4 Å². The van der Waals surface area contributed by atoms with Crippen LogP contribution in [0.4, 0.5) is 5.69 Å². The number of methoxy groups -OCH3 is 1. The lowest BCUT2D eigenvalue weighted by atomic mass is 10.1. The topological polar surface area (TPSA) is 57.3 Å². The van der Waals surface area contributed by atoms with E-state index in [1.165, 1.54) is 6.20 Å². The molecular formula is C12H12N2O3. The van der Waals surface area contributed by atoms with Crippen molar-refractivity contribution in [3.8, 4) is 16.9 Å². The Balaban J connectivity index is 2.48. The summed E-state index contributed by atoms with van der Waals surface area (Å²) in [7, 11) is 3.35. The number of hydrogen-bond acceptors (Lipinski definition) is 3.